The first-order valence-corrected chi connectivity index (χ1v) is 6.95. The summed E-state index contributed by atoms with van der Waals surface area (Å²) < 4.78 is 18.7. The largest absolute Gasteiger partial charge is 0.384 e. The predicted molar refractivity (Wildman–Crippen MR) is 76.3 cm³/mol. The molecule has 1 amide bonds. The van der Waals surface area contributed by atoms with Crippen LogP contribution in [-0.4, -0.2) is 36.4 Å². The van der Waals surface area contributed by atoms with E-state index in [0.717, 1.165) is 12.8 Å². The Balaban J connectivity index is 2.02. The lowest BCUT2D eigenvalue weighted by molar-refractivity contribution is -0.00862. The van der Waals surface area contributed by atoms with Crippen LogP contribution in [0.1, 0.15) is 35.7 Å². The van der Waals surface area contributed by atoms with Crippen molar-refractivity contribution in [3.63, 3.8) is 0 Å². The molecule has 112 valence electrons. The van der Waals surface area contributed by atoms with Gasteiger partial charge in [-0.25, -0.2) is 4.39 Å². The molecular formula is C16H18FNO3. The molecule has 2 rings (SSSR count). The zero-order chi connectivity index (χ0) is 15.2. The highest BCUT2D eigenvalue weighted by atomic mass is 19.1. The van der Waals surface area contributed by atoms with Crippen LogP contribution in [0.5, 0.6) is 0 Å². The Morgan fingerprint density at radius 3 is 2.95 bits per heavy atom. The van der Waals surface area contributed by atoms with E-state index in [2.05, 4.69) is 17.2 Å². The van der Waals surface area contributed by atoms with Crippen LogP contribution < -0.4 is 5.32 Å². The van der Waals surface area contributed by atoms with Crippen molar-refractivity contribution in [1.29, 1.82) is 0 Å². The van der Waals surface area contributed by atoms with Crippen LogP contribution in [0.3, 0.4) is 0 Å². The van der Waals surface area contributed by atoms with Crippen molar-refractivity contribution in [2.45, 2.75) is 31.9 Å². The topological polar surface area (TPSA) is 58.6 Å². The number of nitrogens with one attached hydrogen (secondary N) is 1. The number of amides is 1. The smallest absolute Gasteiger partial charge is 0.252 e. The molecule has 0 atom stereocenters. The fourth-order valence-corrected chi connectivity index (χ4v) is 2.27. The minimum atomic E-state index is -0.464. The summed E-state index contributed by atoms with van der Waals surface area (Å²) in [4.78, 5) is 12.2. The summed E-state index contributed by atoms with van der Waals surface area (Å²) in [6.45, 7) is 2.27. The number of ether oxygens (including phenoxy) is 1. The van der Waals surface area contributed by atoms with Gasteiger partial charge in [0, 0.05) is 18.2 Å². The Bertz CT molecular complexity index is 571. The first kappa shape index (κ1) is 15.5. The second-order valence-corrected chi connectivity index (χ2v) is 4.87. The molecule has 0 aliphatic heterocycles. The van der Waals surface area contributed by atoms with E-state index in [1.807, 2.05) is 6.92 Å². The summed E-state index contributed by atoms with van der Waals surface area (Å²) >= 11 is 0. The number of rotatable bonds is 4. The number of aliphatic hydroxyl groups excluding tert-OH is 1. The average molecular weight is 291 g/mol. The third-order valence-electron chi connectivity index (χ3n) is 3.36. The van der Waals surface area contributed by atoms with Crippen LogP contribution in [0.15, 0.2) is 18.2 Å². The average Bonchev–Trinajstić information content (AvgIpc) is 2.42. The highest BCUT2D eigenvalue weighted by Gasteiger charge is 2.31. The van der Waals surface area contributed by atoms with Gasteiger partial charge in [0.2, 0.25) is 0 Å². The molecule has 1 aromatic carbocycles. The van der Waals surface area contributed by atoms with Gasteiger partial charge in [-0.15, -0.1) is 0 Å². The first-order valence-electron chi connectivity index (χ1n) is 6.95. The van der Waals surface area contributed by atoms with Gasteiger partial charge < -0.3 is 15.2 Å². The monoisotopic (exact) mass is 291 g/mol. The van der Waals surface area contributed by atoms with Crippen molar-refractivity contribution in [3.05, 3.63) is 35.1 Å². The van der Waals surface area contributed by atoms with Crippen LogP contribution in [0.4, 0.5) is 4.39 Å². The number of aliphatic hydroxyl groups is 1. The van der Waals surface area contributed by atoms with E-state index in [1.54, 1.807) is 0 Å². The predicted octanol–water partition coefficient (Wildman–Crippen LogP) is 1.47. The minimum absolute atomic E-state index is 0.0813. The lowest BCUT2D eigenvalue weighted by Gasteiger charge is -2.35. The normalized spacial score (nSPS) is 20.1. The number of benzene rings is 1. The van der Waals surface area contributed by atoms with E-state index in [1.165, 1.54) is 18.2 Å². The first-order chi connectivity index (χ1) is 10.1. The molecule has 1 aliphatic rings. The number of carbonyl (C=O) groups excluding carboxylic acids is 1. The van der Waals surface area contributed by atoms with Crippen LogP contribution in [0.2, 0.25) is 0 Å². The van der Waals surface area contributed by atoms with Gasteiger partial charge >= 0.3 is 0 Å². The summed E-state index contributed by atoms with van der Waals surface area (Å²) in [6, 6.07) is 3.91. The molecule has 1 saturated carbocycles. The summed E-state index contributed by atoms with van der Waals surface area (Å²) in [6.07, 6.45) is 1.79. The Morgan fingerprint density at radius 1 is 1.52 bits per heavy atom. The van der Waals surface area contributed by atoms with Gasteiger partial charge in [0.25, 0.3) is 5.91 Å². The molecule has 5 heteroatoms. The van der Waals surface area contributed by atoms with Crippen LogP contribution in [0.25, 0.3) is 0 Å². The number of carbonyl (C=O) groups is 1. The maximum absolute atomic E-state index is 13.2. The fourth-order valence-electron chi connectivity index (χ4n) is 2.27. The molecule has 0 heterocycles. The van der Waals surface area contributed by atoms with Crippen molar-refractivity contribution in [1.82, 2.24) is 5.32 Å². The molecule has 1 fully saturated rings. The summed E-state index contributed by atoms with van der Waals surface area (Å²) in [5.41, 5.74) is 0.597. The third kappa shape index (κ3) is 4.03. The maximum atomic E-state index is 13.2. The van der Waals surface area contributed by atoms with E-state index in [0.29, 0.717) is 12.2 Å². The summed E-state index contributed by atoms with van der Waals surface area (Å²) in [5.74, 6) is 4.28. The molecule has 2 N–H and O–H groups in total. The highest BCUT2D eigenvalue weighted by molar-refractivity contribution is 5.97. The van der Waals surface area contributed by atoms with Crippen molar-refractivity contribution in [3.8, 4) is 11.8 Å². The zero-order valence-corrected chi connectivity index (χ0v) is 11.9. The Kier molecular flexibility index (Phi) is 5.32. The van der Waals surface area contributed by atoms with Crippen LogP contribution >= 0.6 is 0 Å². The molecule has 1 aromatic rings. The van der Waals surface area contributed by atoms with E-state index < -0.39 is 5.82 Å². The van der Waals surface area contributed by atoms with E-state index in [-0.39, 0.29) is 30.2 Å². The fraction of sp³-hybridized carbons (Fsp3) is 0.438. The van der Waals surface area contributed by atoms with Gasteiger partial charge in [-0.3, -0.25) is 4.79 Å². The lowest BCUT2D eigenvalue weighted by Crippen LogP contribution is -2.47. The quantitative estimate of drug-likeness (QED) is 0.826. The van der Waals surface area contributed by atoms with Crippen LogP contribution in [0, 0.1) is 17.7 Å². The maximum Gasteiger partial charge on any atom is 0.252 e. The number of halogens is 1. The molecule has 0 unspecified atom stereocenters. The molecule has 0 radical (unpaired) electrons. The SMILES string of the molecule is CCOC1CC(NC(=O)c2ccc(F)cc2C#CCO)C1. The Morgan fingerprint density at radius 2 is 2.29 bits per heavy atom. The van der Waals surface area contributed by atoms with Crippen molar-refractivity contribution >= 4 is 5.91 Å². The summed E-state index contributed by atoms with van der Waals surface area (Å²) in [5, 5.41) is 11.6. The molecule has 4 nitrogen and oxygen atoms in total. The third-order valence-corrected chi connectivity index (χ3v) is 3.36. The van der Waals surface area contributed by atoms with Gasteiger partial charge in [-0.05, 0) is 38.0 Å². The second kappa shape index (κ2) is 7.21. The van der Waals surface area contributed by atoms with E-state index in [9.17, 15) is 9.18 Å². The number of hydrogen-bond acceptors (Lipinski definition) is 3. The second-order valence-electron chi connectivity index (χ2n) is 4.87. The van der Waals surface area contributed by atoms with Crippen molar-refractivity contribution < 1.29 is 19.0 Å². The molecular weight excluding hydrogens is 273 g/mol. The molecule has 0 saturated heterocycles. The lowest BCUT2D eigenvalue weighted by atomic mass is 9.89. The highest BCUT2D eigenvalue weighted by Crippen LogP contribution is 2.23. The van der Waals surface area contributed by atoms with E-state index in [4.69, 9.17) is 9.84 Å². The van der Waals surface area contributed by atoms with Crippen LogP contribution in [-0.2, 0) is 4.74 Å². The van der Waals surface area contributed by atoms with Crippen molar-refractivity contribution in [2.24, 2.45) is 0 Å². The van der Waals surface area contributed by atoms with Gasteiger partial charge in [-0.2, -0.15) is 0 Å². The Hall–Kier alpha value is -1.90. The minimum Gasteiger partial charge on any atom is -0.384 e. The molecule has 0 bridgehead atoms. The van der Waals surface area contributed by atoms with Gasteiger partial charge in [0.1, 0.15) is 12.4 Å². The summed E-state index contributed by atoms with van der Waals surface area (Å²) in [7, 11) is 0. The van der Waals surface area contributed by atoms with Gasteiger partial charge in [0.15, 0.2) is 0 Å². The molecule has 21 heavy (non-hydrogen) atoms. The molecule has 0 spiro atoms. The molecule has 0 aromatic heterocycles. The van der Waals surface area contributed by atoms with Gasteiger partial charge in [-0.1, -0.05) is 11.8 Å². The van der Waals surface area contributed by atoms with E-state index >= 15 is 0 Å². The number of hydrogen-bond donors (Lipinski definition) is 2. The van der Waals surface area contributed by atoms with Gasteiger partial charge in [0.05, 0.1) is 11.7 Å². The Labute approximate surface area is 123 Å². The van der Waals surface area contributed by atoms with Crippen molar-refractivity contribution in [2.75, 3.05) is 13.2 Å². The standard InChI is InChI=1S/C16H18FNO3/c1-2-21-14-9-13(10-14)18-16(20)15-6-5-12(17)8-11(15)4-3-7-19/h5-6,8,13-14,19H,2,7,9-10H2,1H3,(H,18,20). The molecule has 1 aliphatic carbocycles. The zero-order valence-electron chi connectivity index (χ0n) is 11.9.